The molecular weight excluding hydrogens is 616 g/mol. The summed E-state index contributed by atoms with van der Waals surface area (Å²) in [6.07, 6.45) is 7.95. The first-order valence-electron chi connectivity index (χ1n) is 19.2. The van der Waals surface area contributed by atoms with Crippen molar-refractivity contribution in [2.24, 2.45) is 50.2 Å². The summed E-state index contributed by atoms with van der Waals surface area (Å²) in [7, 11) is 0. The monoisotopic (exact) mass is 678 g/mol. The van der Waals surface area contributed by atoms with Crippen LogP contribution in [0.5, 0.6) is 0 Å². The van der Waals surface area contributed by atoms with E-state index < -0.39 is 30.0 Å². The Morgan fingerprint density at radius 3 is 2.31 bits per heavy atom. The number of aliphatic hydroxyl groups is 3. The molecule has 1 aromatic rings. The number of carbonyl (C=O) groups excluding carboxylic acids is 1. The third kappa shape index (κ3) is 5.42. The molecule has 1 aliphatic heterocycles. The Kier molecular flexibility index (Phi) is 8.83. The molecule has 3 N–H and O–H groups in total. The van der Waals surface area contributed by atoms with Gasteiger partial charge in [0.1, 0.15) is 24.9 Å². The number of esters is 1. The highest BCUT2D eigenvalue weighted by Crippen LogP contribution is 2.76. The van der Waals surface area contributed by atoms with Gasteiger partial charge < -0.3 is 29.5 Å². The maximum absolute atomic E-state index is 14.3. The molecule has 0 amide bonds. The van der Waals surface area contributed by atoms with Gasteiger partial charge in [-0.25, -0.2) is 0 Å². The summed E-state index contributed by atoms with van der Waals surface area (Å²) in [5, 5.41) is 31.0. The zero-order valence-electron chi connectivity index (χ0n) is 31.0. The molecule has 5 fully saturated rings. The molecule has 0 radical (unpaired) electrons. The van der Waals surface area contributed by atoms with Gasteiger partial charge in [0.05, 0.1) is 18.1 Å². The summed E-state index contributed by atoms with van der Waals surface area (Å²) in [4.78, 5) is 14.3. The van der Waals surface area contributed by atoms with Crippen LogP contribution in [0.1, 0.15) is 118 Å². The number of hydrogen-bond donors (Lipinski definition) is 3. The molecule has 1 heterocycles. The minimum absolute atomic E-state index is 0.0110. The fourth-order valence-corrected chi connectivity index (χ4v) is 12.8. The fourth-order valence-electron chi connectivity index (χ4n) is 12.8. The van der Waals surface area contributed by atoms with Crippen LogP contribution in [0, 0.1) is 50.2 Å². The van der Waals surface area contributed by atoms with Gasteiger partial charge in [0.25, 0.3) is 0 Å². The molecule has 1 aromatic carbocycles. The average Bonchev–Trinajstić information content (AvgIpc) is 3.05. The Morgan fingerprint density at radius 2 is 1.57 bits per heavy atom. The van der Waals surface area contributed by atoms with Gasteiger partial charge in [-0.1, -0.05) is 90.4 Å². The van der Waals surface area contributed by atoms with Crippen LogP contribution >= 0.6 is 0 Å². The number of hydrogen-bond acceptors (Lipinski definition) is 7. The number of fused-ring (bicyclic) bond motifs is 7. The van der Waals surface area contributed by atoms with Crippen molar-refractivity contribution in [1.29, 1.82) is 0 Å². The summed E-state index contributed by atoms with van der Waals surface area (Å²) in [6, 6.07) is 10.1. The van der Waals surface area contributed by atoms with Crippen LogP contribution in [0.3, 0.4) is 0 Å². The van der Waals surface area contributed by atoms with Crippen LogP contribution in [0.4, 0.5) is 0 Å². The van der Waals surface area contributed by atoms with Gasteiger partial charge in [0.2, 0.25) is 0 Å². The number of allylic oxidation sites excluding steroid dienone is 2. The number of aliphatic hydroxyl groups excluding tert-OH is 3. The average molecular weight is 679 g/mol. The maximum Gasteiger partial charge on any atom is 0.313 e. The quantitative estimate of drug-likeness (QED) is 0.170. The molecule has 0 bridgehead atoms. The zero-order valence-corrected chi connectivity index (χ0v) is 31.0. The molecular formula is C42H62O7. The Balaban J connectivity index is 1.16. The van der Waals surface area contributed by atoms with Gasteiger partial charge in [-0.3, -0.25) is 4.79 Å². The first-order valence-corrected chi connectivity index (χ1v) is 19.2. The number of ether oxygens (including phenoxy) is 3. The second kappa shape index (κ2) is 12.1. The van der Waals surface area contributed by atoms with E-state index in [9.17, 15) is 20.1 Å². The zero-order chi connectivity index (χ0) is 35.2. The smallest absolute Gasteiger partial charge is 0.313 e. The van der Waals surface area contributed by atoms with Crippen molar-refractivity contribution in [1.82, 2.24) is 0 Å². The first kappa shape index (κ1) is 35.6. The molecule has 4 saturated carbocycles. The van der Waals surface area contributed by atoms with E-state index >= 15 is 0 Å². The SMILES string of the molecule is CC1(C)CC[C@]2(C(=O)OCc3ccccc3)CC[C@]3(C)C(=CC[C@@H]4[C@@]5(C)CC[C@H](OC6OCC(O)C(O)C6O)C(C)(C)[C@@H]5CC[C@]43C)C2C1. The lowest BCUT2D eigenvalue weighted by Gasteiger charge is -2.71. The van der Waals surface area contributed by atoms with E-state index in [0.717, 1.165) is 69.8 Å². The number of benzene rings is 1. The van der Waals surface area contributed by atoms with Crippen LogP contribution in [0.25, 0.3) is 0 Å². The first-order chi connectivity index (χ1) is 23.0. The lowest BCUT2D eigenvalue weighted by Crippen LogP contribution is -2.65. The van der Waals surface area contributed by atoms with Crippen molar-refractivity contribution in [3.8, 4) is 0 Å². The normalized spacial score (nSPS) is 47.0. The highest BCUT2D eigenvalue weighted by molar-refractivity contribution is 5.79. The molecule has 0 spiro atoms. The van der Waals surface area contributed by atoms with Crippen molar-refractivity contribution in [3.05, 3.63) is 47.5 Å². The summed E-state index contributed by atoms with van der Waals surface area (Å²) >= 11 is 0. The molecule has 5 unspecified atom stereocenters. The molecule has 49 heavy (non-hydrogen) atoms. The fraction of sp³-hybridized carbons (Fsp3) is 0.786. The predicted molar refractivity (Wildman–Crippen MR) is 188 cm³/mol. The second-order valence-corrected chi connectivity index (χ2v) is 19.2. The van der Waals surface area contributed by atoms with E-state index in [1.807, 2.05) is 30.3 Å². The third-order valence-electron chi connectivity index (χ3n) is 15.9. The number of carbonyl (C=O) groups is 1. The van der Waals surface area contributed by atoms with Crippen molar-refractivity contribution in [2.75, 3.05) is 6.61 Å². The summed E-state index contributed by atoms with van der Waals surface area (Å²) in [5.41, 5.74) is 2.38. The van der Waals surface area contributed by atoms with Crippen molar-refractivity contribution in [2.45, 2.75) is 150 Å². The van der Waals surface area contributed by atoms with Crippen LogP contribution in [0.15, 0.2) is 42.0 Å². The Bertz CT molecular complexity index is 1440. The molecule has 0 aromatic heterocycles. The minimum Gasteiger partial charge on any atom is -0.460 e. The molecule has 6 aliphatic rings. The molecule has 12 atom stereocenters. The van der Waals surface area contributed by atoms with Crippen LogP contribution in [-0.4, -0.2) is 58.6 Å². The van der Waals surface area contributed by atoms with E-state index in [2.05, 4.69) is 54.5 Å². The van der Waals surface area contributed by atoms with Crippen molar-refractivity contribution >= 4 is 5.97 Å². The number of rotatable bonds is 5. The van der Waals surface area contributed by atoms with Gasteiger partial charge in [0.15, 0.2) is 6.29 Å². The molecule has 7 heteroatoms. The highest BCUT2D eigenvalue weighted by Gasteiger charge is 2.69. The van der Waals surface area contributed by atoms with Gasteiger partial charge >= 0.3 is 5.97 Å². The highest BCUT2D eigenvalue weighted by atomic mass is 16.7. The van der Waals surface area contributed by atoms with Crippen LogP contribution in [-0.2, 0) is 25.6 Å². The third-order valence-corrected chi connectivity index (χ3v) is 15.9. The Hall–Kier alpha value is -1.77. The summed E-state index contributed by atoms with van der Waals surface area (Å²) < 4.78 is 18.4. The van der Waals surface area contributed by atoms with Gasteiger partial charge in [-0.05, 0) is 115 Å². The molecule has 272 valence electrons. The molecule has 7 nitrogen and oxygen atoms in total. The van der Waals surface area contributed by atoms with Gasteiger partial charge in [-0.2, -0.15) is 0 Å². The standard InChI is InChI=1S/C42H62O7/c1-37(2)19-21-42(36(46)48-24-26-11-9-8-10-12-26)22-20-40(6)27(28(42)23-37)13-14-31-39(5)17-16-32(38(3,4)30(39)15-18-41(31,40)7)49-35-34(45)33(44)29(43)25-47-35/h8-13,28-35,43-45H,14-25H2,1-7H3/t28?,29?,30-,31+,32-,33?,34?,35?,39-,40+,41+,42-/m0/s1. The molecule has 7 rings (SSSR count). The van der Waals surface area contributed by atoms with E-state index in [-0.39, 0.29) is 51.7 Å². The minimum atomic E-state index is -1.27. The lowest BCUT2D eigenvalue weighted by atomic mass is 9.33. The van der Waals surface area contributed by atoms with Crippen LogP contribution < -0.4 is 0 Å². The van der Waals surface area contributed by atoms with Gasteiger partial charge in [0, 0.05) is 0 Å². The summed E-state index contributed by atoms with van der Waals surface area (Å²) in [5.74, 6) is 1.15. The van der Waals surface area contributed by atoms with Crippen LogP contribution in [0.2, 0.25) is 0 Å². The van der Waals surface area contributed by atoms with Gasteiger partial charge in [-0.15, -0.1) is 0 Å². The van der Waals surface area contributed by atoms with Crippen molar-refractivity contribution < 1.29 is 34.3 Å². The molecule has 5 aliphatic carbocycles. The molecule has 1 saturated heterocycles. The predicted octanol–water partition coefficient (Wildman–Crippen LogP) is 7.36. The topological polar surface area (TPSA) is 105 Å². The Labute approximate surface area is 294 Å². The van der Waals surface area contributed by atoms with E-state index in [1.165, 1.54) is 0 Å². The van der Waals surface area contributed by atoms with E-state index in [4.69, 9.17) is 14.2 Å². The second-order valence-electron chi connectivity index (χ2n) is 19.2. The van der Waals surface area contributed by atoms with Crippen molar-refractivity contribution in [3.63, 3.8) is 0 Å². The lowest BCUT2D eigenvalue weighted by molar-refractivity contribution is -0.308. The maximum atomic E-state index is 14.3. The van der Waals surface area contributed by atoms with E-state index in [0.29, 0.717) is 18.4 Å². The Morgan fingerprint density at radius 1 is 0.857 bits per heavy atom. The summed E-state index contributed by atoms with van der Waals surface area (Å²) in [6.45, 7) is 17.4. The largest absolute Gasteiger partial charge is 0.460 e. The van der Waals surface area contributed by atoms with E-state index in [1.54, 1.807) is 5.57 Å².